The molecule has 0 atom stereocenters. The van der Waals surface area contributed by atoms with Gasteiger partial charge >= 0.3 is 0 Å². The average Bonchev–Trinajstić information content (AvgIpc) is 2.30. The summed E-state index contributed by atoms with van der Waals surface area (Å²) < 4.78 is 5.61. The topological polar surface area (TPSA) is 13.7 Å². The van der Waals surface area contributed by atoms with Crippen molar-refractivity contribution >= 4 is 23.2 Å². The Kier molecular flexibility index (Phi) is 8.79. The van der Waals surface area contributed by atoms with E-state index < -0.39 is 0 Å². The molecule has 0 aliphatic heterocycles. The standard InChI is InChI=1S/C12H17Cl2NO.ClH/c1-3-15(4-2)8-9-16-11-7-5-6-10(13)12(11)14;/h5-7H,3-4,8-9H2,1-2H3;1H. The first-order valence-corrected chi connectivity index (χ1v) is 6.35. The maximum atomic E-state index is 6.01. The zero-order valence-electron chi connectivity index (χ0n) is 10.1. The molecule has 17 heavy (non-hydrogen) atoms. The molecule has 0 aliphatic rings. The van der Waals surface area contributed by atoms with E-state index in [1.54, 1.807) is 6.07 Å². The lowest BCUT2D eigenvalue weighted by Crippen LogP contribution is -3.12. The Hall–Kier alpha value is -0.150. The fourth-order valence-electron chi connectivity index (χ4n) is 1.50. The van der Waals surface area contributed by atoms with Crippen molar-refractivity contribution in [2.24, 2.45) is 0 Å². The first-order valence-electron chi connectivity index (χ1n) is 5.59. The van der Waals surface area contributed by atoms with Crippen LogP contribution in [0, 0.1) is 0 Å². The van der Waals surface area contributed by atoms with Crippen molar-refractivity contribution in [1.82, 2.24) is 0 Å². The summed E-state index contributed by atoms with van der Waals surface area (Å²) in [4.78, 5) is 1.51. The summed E-state index contributed by atoms with van der Waals surface area (Å²) in [6, 6.07) is 5.44. The van der Waals surface area contributed by atoms with E-state index in [0.717, 1.165) is 19.6 Å². The smallest absolute Gasteiger partial charge is 0.139 e. The summed E-state index contributed by atoms with van der Waals surface area (Å²) in [6.07, 6.45) is 0. The van der Waals surface area contributed by atoms with Gasteiger partial charge in [0.25, 0.3) is 0 Å². The van der Waals surface area contributed by atoms with Crippen LogP contribution in [0.25, 0.3) is 0 Å². The molecule has 2 nitrogen and oxygen atoms in total. The van der Waals surface area contributed by atoms with Crippen molar-refractivity contribution in [3.8, 4) is 5.75 Å². The van der Waals surface area contributed by atoms with E-state index in [1.807, 2.05) is 12.1 Å². The molecule has 0 spiro atoms. The van der Waals surface area contributed by atoms with Crippen molar-refractivity contribution in [1.29, 1.82) is 0 Å². The minimum absolute atomic E-state index is 0. The first kappa shape index (κ1) is 16.9. The van der Waals surface area contributed by atoms with Gasteiger partial charge in [0.15, 0.2) is 0 Å². The lowest BCUT2D eigenvalue weighted by Gasteiger charge is -2.16. The van der Waals surface area contributed by atoms with E-state index in [1.165, 1.54) is 4.90 Å². The van der Waals surface area contributed by atoms with Gasteiger partial charge in [-0.1, -0.05) is 29.3 Å². The Labute approximate surface area is 119 Å². The number of hydrogen-bond acceptors (Lipinski definition) is 1. The molecule has 1 aromatic rings. The number of benzene rings is 1. The van der Waals surface area contributed by atoms with Crippen LogP contribution in [0.4, 0.5) is 0 Å². The highest BCUT2D eigenvalue weighted by Gasteiger charge is 2.07. The van der Waals surface area contributed by atoms with E-state index in [9.17, 15) is 0 Å². The van der Waals surface area contributed by atoms with Crippen LogP contribution in [0.3, 0.4) is 0 Å². The van der Waals surface area contributed by atoms with Crippen molar-refractivity contribution in [2.45, 2.75) is 13.8 Å². The Morgan fingerprint density at radius 3 is 2.41 bits per heavy atom. The lowest BCUT2D eigenvalue weighted by molar-refractivity contribution is -0.896. The second-order valence-electron chi connectivity index (χ2n) is 3.61. The summed E-state index contributed by atoms with van der Waals surface area (Å²) >= 11 is 11.9. The molecule has 1 rings (SSSR count). The number of nitrogens with one attached hydrogen (secondary N) is 1. The third-order valence-corrected chi connectivity index (χ3v) is 3.43. The molecule has 0 saturated carbocycles. The maximum absolute atomic E-state index is 6.01. The van der Waals surface area contributed by atoms with E-state index in [4.69, 9.17) is 27.9 Å². The molecule has 1 aromatic carbocycles. The van der Waals surface area contributed by atoms with Gasteiger partial charge in [-0.25, -0.2) is 0 Å². The quantitative estimate of drug-likeness (QED) is 0.733. The first-order chi connectivity index (χ1) is 7.69. The van der Waals surface area contributed by atoms with E-state index in [2.05, 4.69) is 13.8 Å². The number of likely N-dealkylation sites (N-methyl/N-ethyl adjacent to an activating group) is 1. The van der Waals surface area contributed by atoms with E-state index >= 15 is 0 Å². The fraction of sp³-hybridized carbons (Fsp3) is 0.500. The molecule has 0 saturated heterocycles. The summed E-state index contributed by atoms with van der Waals surface area (Å²) in [7, 11) is 0. The van der Waals surface area contributed by atoms with Gasteiger partial charge in [0.2, 0.25) is 0 Å². The number of quaternary nitrogens is 1. The van der Waals surface area contributed by atoms with Crippen molar-refractivity contribution in [3.63, 3.8) is 0 Å². The fourth-order valence-corrected chi connectivity index (χ4v) is 1.85. The highest BCUT2D eigenvalue weighted by atomic mass is 35.5. The molecule has 0 unspecified atom stereocenters. The van der Waals surface area contributed by atoms with Crippen molar-refractivity contribution < 1.29 is 22.0 Å². The molecule has 0 aliphatic carbocycles. The number of hydrogen-bond donors (Lipinski definition) is 1. The highest BCUT2D eigenvalue weighted by molar-refractivity contribution is 6.42. The molecule has 98 valence electrons. The van der Waals surface area contributed by atoms with Gasteiger partial charge in [0, 0.05) is 0 Å². The van der Waals surface area contributed by atoms with Crippen LogP contribution in [0.2, 0.25) is 10.0 Å². The number of halogens is 3. The van der Waals surface area contributed by atoms with Gasteiger partial charge in [-0.2, -0.15) is 0 Å². The van der Waals surface area contributed by atoms with E-state index in [0.29, 0.717) is 22.4 Å². The minimum atomic E-state index is 0. The lowest BCUT2D eigenvalue weighted by atomic mass is 10.3. The predicted molar refractivity (Wildman–Crippen MR) is 68.9 cm³/mol. The molecule has 0 fully saturated rings. The summed E-state index contributed by atoms with van der Waals surface area (Å²) in [5.41, 5.74) is 0. The number of rotatable bonds is 6. The molecule has 1 N–H and O–H groups in total. The van der Waals surface area contributed by atoms with Crippen LogP contribution < -0.4 is 22.0 Å². The molecular weight excluding hydrogens is 280 g/mol. The van der Waals surface area contributed by atoms with Crippen LogP contribution in [-0.4, -0.2) is 26.2 Å². The second-order valence-corrected chi connectivity index (χ2v) is 4.39. The molecule has 0 heterocycles. The minimum Gasteiger partial charge on any atom is -1.00 e. The van der Waals surface area contributed by atoms with Gasteiger partial charge < -0.3 is 22.0 Å². The maximum Gasteiger partial charge on any atom is 0.139 e. The molecule has 0 amide bonds. The molecule has 0 bridgehead atoms. The zero-order valence-corrected chi connectivity index (χ0v) is 12.4. The Balaban J connectivity index is 0.00000256. The van der Waals surface area contributed by atoms with Crippen molar-refractivity contribution in [3.05, 3.63) is 28.2 Å². The third-order valence-electron chi connectivity index (χ3n) is 2.63. The molecule has 5 heteroatoms. The van der Waals surface area contributed by atoms with Gasteiger partial charge in [0.1, 0.15) is 23.9 Å². The Bertz CT molecular complexity index is 330. The predicted octanol–water partition coefficient (Wildman–Crippen LogP) is -0.699. The summed E-state index contributed by atoms with van der Waals surface area (Å²) in [6.45, 7) is 8.22. The molecule has 0 radical (unpaired) electrons. The van der Waals surface area contributed by atoms with Crippen LogP contribution in [0.5, 0.6) is 5.75 Å². The van der Waals surface area contributed by atoms with Gasteiger partial charge in [0.05, 0.1) is 18.1 Å². The zero-order chi connectivity index (χ0) is 12.0. The monoisotopic (exact) mass is 297 g/mol. The van der Waals surface area contributed by atoms with Crippen LogP contribution in [0.15, 0.2) is 18.2 Å². The normalized spacial score (nSPS) is 10.2. The van der Waals surface area contributed by atoms with Gasteiger partial charge in [-0.05, 0) is 26.0 Å². The van der Waals surface area contributed by atoms with E-state index in [-0.39, 0.29) is 12.4 Å². The third kappa shape index (κ3) is 5.35. The molecule has 0 aromatic heterocycles. The Morgan fingerprint density at radius 2 is 1.82 bits per heavy atom. The van der Waals surface area contributed by atoms with Crippen LogP contribution in [0.1, 0.15) is 13.8 Å². The average molecular weight is 299 g/mol. The number of ether oxygens (including phenoxy) is 1. The highest BCUT2D eigenvalue weighted by Crippen LogP contribution is 2.31. The SMILES string of the molecule is CC[NH+](CC)CCOc1cccc(Cl)c1Cl.[Cl-]. The Morgan fingerprint density at radius 1 is 1.18 bits per heavy atom. The molecular formula is C12H18Cl3NO. The van der Waals surface area contributed by atoms with Gasteiger partial charge in [-0.15, -0.1) is 0 Å². The van der Waals surface area contributed by atoms with Crippen LogP contribution >= 0.6 is 23.2 Å². The second kappa shape index (κ2) is 8.87. The summed E-state index contributed by atoms with van der Waals surface area (Å²) in [5.74, 6) is 0.667. The van der Waals surface area contributed by atoms with Gasteiger partial charge in [-0.3, -0.25) is 0 Å². The largest absolute Gasteiger partial charge is 1.00 e. The van der Waals surface area contributed by atoms with Crippen molar-refractivity contribution in [2.75, 3.05) is 26.2 Å². The summed E-state index contributed by atoms with van der Waals surface area (Å²) in [5, 5.41) is 1.04. The van der Waals surface area contributed by atoms with Crippen LogP contribution in [-0.2, 0) is 0 Å².